The summed E-state index contributed by atoms with van der Waals surface area (Å²) in [5.41, 5.74) is 0.850. The van der Waals surface area contributed by atoms with Gasteiger partial charge in [0, 0.05) is 37.9 Å². The Balaban J connectivity index is 1.41. The predicted molar refractivity (Wildman–Crippen MR) is 121 cm³/mol. The van der Waals surface area contributed by atoms with E-state index >= 15 is 0 Å². The second-order valence-corrected chi connectivity index (χ2v) is 11.9. The van der Waals surface area contributed by atoms with Crippen molar-refractivity contribution >= 4 is 25.7 Å². The third-order valence-corrected chi connectivity index (χ3v) is 9.58. The zero-order valence-corrected chi connectivity index (χ0v) is 19.4. The lowest BCUT2D eigenvalue weighted by atomic mass is 9.96. The highest BCUT2D eigenvalue weighted by atomic mass is 32.2. The number of rotatable bonds is 6. The molecule has 0 unspecified atom stereocenters. The second-order valence-electron chi connectivity index (χ2n) is 8.30. The van der Waals surface area contributed by atoms with Gasteiger partial charge in [-0.2, -0.15) is 4.31 Å². The van der Waals surface area contributed by atoms with Crippen LogP contribution < -0.4 is 9.62 Å². The molecule has 0 atom stereocenters. The normalized spacial score (nSPS) is 19.2. The van der Waals surface area contributed by atoms with E-state index in [1.807, 2.05) is 4.90 Å². The van der Waals surface area contributed by atoms with E-state index in [-0.39, 0.29) is 21.7 Å². The molecule has 0 bridgehead atoms. The number of halogens is 1. The Morgan fingerprint density at radius 1 is 0.750 bits per heavy atom. The van der Waals surface area contributed by atoms with Gasteiger partial charge in [-0.25, -0.2) is 25.9 Å². The minimum atomic E-state index is -3.73. The molecular formula is C22H28FN3O4S2. The number of benzene rings is 2. The van der Waals surface area contributed by atoms with Gasteiger partial charge < -0.3 is 4.90 Å². The SMILES string of the molecule is O=S(=O)(NC1CCCCC1)c1ccc(S(=O)(=O)N2CCN(c3ccc(F)cc3)CC2)cc1. The first-order valence-electron chi connectivity index (χ1n) is 10.9. The van der Waals surface area contributed by atoms with E-state index in [9.17, 15) is 21.2 Å². The maximum atomic E-state index is 13.1. The fourth-order valence-corrected chi connectivity index (χ4v) is 7.01. The largest absolute Gasteiger partial charge is 0.369 e. The zero-order chi connectivity index (χ0) is 22.8. The monoisotopic (exact) mass is 481 g/mol. The summed E-state index contributed by atoms with van der Waals surface area (Å²) in [6.07, 6.45) is 4.81. The second kappa shape index (κ2) is 9.46. The maximum absolute atomic E-state index is 13.1. The van der Waals surface area contributed by atoms with Crippen LogP contribution in [0.4, 0.5) is 10.1 Å². The van der Waals surface area contributed by atoms with Gasteiger partial charge >= 0.3 is 0 Å². The van der Waals surface area contributed by atoms with Crippen LogP contribution in [0.2, 0.25) is 0 Å². The number of sulfonamides is 2. The van der Waals surface area contributed by atoms with Crippen molar-refractivity contribution in [1.29, 1.82) is 0 Å². The molecule has 1 saturated carbocycles. The van der Waals surface area contributed by atoms with Crippen LogP contribution in [0.5, 0.6) is 0 Å². The average Bonchev–Trinajstić information content (AvgIpc) is 2.80. The molecule has 1 saturated heterocycles. The Bertz CT molecular complexity index is 1120. The van der Waals surface area contributed by atoms with Crippen LogP contribution in [-0.2, 0) is 20.0 Å². The van der Waals surface area contributed by atoms with Crippen LogP contribution in [0, 0.1) is 5.82 Å². The predicted octanol–water partition coefficient (Wildman–Crippen LogP) is 2.95. The molecule has 0 spiro atoms. The number of nitrogens with one attached hydrogen (secondary N) is 1. The van der Waals surface area contributed by atoms with Crippen molar-refractivity contribution in [3.8, 4) is 0 Å². The lowest BCUT2D eigenvalue weighted by Gasteiger charge is -2.35. The summed E-state index contributed by atoms with van der Waals surface area (Å²) >= 11 is 0. The van der Waals surface area contributed by atoms with Crippen LogP contribution in [0.3, 0.4) is 0 Å². The molecule has 2 aliphatic rings. The molecular weight excluding hydrogens is 453 g/mol. The first kappa shape index (κ1) is 23.2. The minimum absolute atomic E-state index is 0.0606. The van der Waals surface area contributed by atoms with Crippen molar-refractivity contribution in [3.63, 3.8) is 0 Å². The van der Waals surface area contributed by atoms with Gasteiger partial charge in [0.1, 0.15) is 5.82 Å². The Morgan fingerprint density at radius 3 is 1.91 bits per heavy atom. The maximum Gasteiger partial charge on any atom is 0.243 e. The Kier molecular flexibility index (Phi) is 6.85. The summed E-state index contributed by atoms with van der Waals surface area (Å²) in [5.74, 6) is -0.311. The van der Waals surface area contributed by atoms with Gasteiger partial charge in [0.2, 0.25) is 20.0 Å². The highest BCUT2D eigenvalue weighted by Gasteiger charge is 2.29. The summed E-state index contributed by atoms with van der Waals surface area (Å²) in [4.78, 5) is 2.16. The summed E-state index contributed by atoms with van der Waals surface area (Å²) in [6, 6.07) is 11.5. The summed E-state index contributed by atoms with van der Waals surface area (Å²) in [6.45, 7) is 1.57. The zero-order valence-electron chi connectivity index (χ0n) is 17.8. The Hall–Kier alpha value is -2.01. The fourth-order valence-electron chi connectivity index (χ4n) is 4.29. The first-order chi connectivity index (χ1) is 15.3. The van der Waals surface area contributed by atoms with Gasteiger partial charge in [-0.3, -0.25) is 0 Å². The summed E-state index contributed by atoms with van der Waals surface area (Å²) < 4.78 is 68.7. The van der Waals surface area contributed by atoms with Crippen molar-refractivity contribution in [2.75, 3.05) is 31.1 Å². The fraction of sp³-hybridized carbons (Fsp3) is 0.455. The molecule has 1 N–H and O–H groups in total. The molecule has 2 aromatic carbocycles. The highest BCUT2D eigenvalue weighted by molar-refractivity contribution is 7.89. The molecule has 174 valence electrons. The van der Waals surface area contributed by atoms with Gasteiger partial charge in [-0.05, 0) is 61.4 Å². The van der Waals surface area contributed by atoms with E-state index in [4.69, 9.17) is 0 Å². The Morgan fingerprint density at radius 2 is 1.31 bits per heavy atom. The molecule has 0 aromatic heterocycles. The molecule has 2 aromatic rings. The molecule has 1 aliphatic carbocycles. The Labute approximate surface area is 189 Å². The molecule has 1 aliphatic heterocycles. The number of hydrogen-bond acceptors (Lipinski definition) is 5. The summed E-state index contributed by atoms with van der Waals surface area (Å²) in [5, 5.41) is 0. The van der Waals surface area contributed by atoms with Crippen molar-refractivity contribution in [2.45, 2.75) is 47.9 Å². The van der Waals surface area contributed by atoms with E-state index in [1.54, 1.807) is 12.1 Å². The quantitative estimate of drug-likeness (QED) is 0.686. The molecule has 1 heterocycles. The van der Waals surface area contributed by atoms with Crippen LogP contribution in [-0.4, -0.2) is 53.4 Å². The van der Waals surface area contributed by atoms with Gasteiger partial charge in [0.25, 0.3) is 0 Å². The molecule has 10 heteroatoms. The van der Waals surface area contributed by atoms with E-state index in [0.717, 1.165) is 37.8 Å². The van der Waals surface area contributed by atoms with E-state index < -0.39 is 20.0 Å². The standard InChI is InChI=1S/C22H28FN3O4S2/c23-18-6-8-20(9-7-18)25-14-16-26(17-15-25)32(29,30)22-12-10-21(11-13-22)31(27,28)24-19-4-2-1-3-5-19/h6-13,19,24H,1-5,14-17H2. The molecule has 32 heavy (non-hydrogen) atoms. The summed E-state index contributed by atoms with van der Waals surface area (Å²) in [7, 11) is -7.41. The van der Waals surface area contributed by atoms with Gasteiger partial charge in [0.15, 0.2) is 0 Å². The van der Waals surface area contributed by atoms with Crippen LogP contribution in [0.1, 0.15) is 32.1 Å². The van der Waals surface area contributed by atoms with Gasteiger partial charge in [-0.1, -0.05) is 19.3 Å². The van der Waals surface area contributed by atoms with Crippen molar-refractivity contribution < 1.29 is 21.2 Å². The molecule has 7 nitrogen and oxygen atoms in total. The first-order valence-corrected chi connectivity index (χ1v) is 13.8. The molecule has 0 amide bonds. The van der Waals surface area contributed by atoms with Crippen molar-refractivity contribution in [2.24, 2.45) is 0 Å². The smallest absolute Gasteiger partial charge is 0.243 e. The average molecular weight is 482 g/mol. The third-order valence-electron chi connectivity index (χ3n) is 6.13. The number of piperazine rings is 1. The topological polar surface area (TPSA) is 86.8 Å². The number of anilines is 1. The number of hydrogen-bond donors (Lipinski definition) is 1. The van der Waals surface area contributed by atoms with E-state index in [2.05, 4.69) is 4.72 Å². The van der Waals surface area contributed by atoms with Crippen LogP contribution in [0.15, 0.2) is 58.3 Å². The molecule has 0 radical (unpaired) electrons. The number of nitrogens with zero attached hydrogens (tertiary/aromatic N) is 2. The van der Waals surface area contributed by atoms with Crippen LogP contribution in [0.25, 0.3) is 0 Å². The minimum Gasteiger partial charge on any atom is -0.369 e. The van der Waals surface area contributed by atoms with Crippen molar-refractivity contribution in [3.05, 3.63) is 54.3 Å². The van der Waals surface area contributed by atoms with Crippen LogP contribution >= 0.6 is 0 Å². The van der Waals surface area contributed by atoms with Crippen molar-refractivity contribution in [1.82, 2.24) is 9.03 Å². The lowest BCUT2D eigenvalue weighted by molar-refractivity contribution is 0.385. The highest BCUT2D eigenvalue weighted by Crippen LogP contribution is 2.24. The van der Waals surface area contributed by atoms with Gasteiger partial charge in [-0.15, -0.1) is 0 Å². The molecule has 4 rings (SSSR count). The molecule has 2 fully saturated rings. The van der Waals surface area contributed by atoms with Gasteiger partial charge in [0.05, 0.1) is 9.79 Å². The van der Waals surface area contributed by atoms with E-state index in [1.165, 1.54) is 40.7 Å². The third kappa shape index (κ3) is 5.14. The lowest BCUT2D eigenvalue weighted by Crippen LogP contribution is -2.48. The van der Waals surface area contributed by atoms with E-state index in [0.29, 0.717) is 26.2 Å².